The lowest BCUT2D eigenvalue weighted by Crippen LogP contribution is -2.39. The molecule has 17 heavy (non-hydrogen) atoms. The summed E-state index contributed by atoms with van der Waals surface area (Å²) in [6.45, 7) is 0. The lowest BCUT2D eigenvalue weighted by Gasteiger charge is -2.11. The standard InChI is InChI=1S/C9H7ClN2O4S/c10-17(15,16)7-5-3-1-2-4-6(5)12(8(7)13)9(11)14/h1-4,7H,(H2,11,14). The van der Waals surface area contributed by atoms with Gasteiger partial charge in [-0.3, -0.25) is 4.79 Å². The number of para-hydroxylation sites is 1. The number of hydrogen-bond acceptors (Lipinski definition) is 4. The predicted molar refractivity (Wildman–Crippen MR) is 61.0 cm³/mol. The summed E-state index contributed by atoms with van der Waals surface area (Å²) in [7, 11) is 1.05. The maximum atomic E-state index is 11.8. The number of primary amides is 1. The summed E-state index contributed by atoms with van der Waals surface area (Å²) in [5.41, 5.74) is 5.35. The van der Waals surface area contributed by atoms with E-state index in [4.69, 9.17) is 16.4 Å². The van der Waals surface area contributed by atoms with Gasteiger partial charge < -0.3 is 5.73 Å². The smallest absolute Gasteiger partial charge is 0.326 e. The number of nitrogens with two attached hydrogens (primary N) is 1. The van der Waals surface area contributed by atoms with Gasteiger partial charge in [-0.1, -0.05) is 18.2 Å². The molecule has 1 heterocycles. The fourth-order valence-electron chi connectivity index (χ4n) is 1.78. The Morgan fingerprint density at radius 1 is 1.35 bits per heavy atom. The quantitative estimate of drug-likeness (QED) is 0.763. The molecule has 1 atom stereocenters. The van der Waals surface area contributed by atoms with E-state index >= 15 is 0 Å². The number of benzene rings is 1. The molecule has 0 saturated heterocycles. The highest BCUT2D eigenvalue weighted by molar-refractivity contribution is 8.14. The van der Waals surface area contributed by atoms with Gasteiger partial charge in [-0.25, -0.2) is 18.1 Å². The van der Waals surface area contributed by atoms with E-state index < -0.39 is 26.2 Å². The van der Waals surface area contributed by atoms with Gasteiger partial charge in [0.05, 0.1) is 5.69 Å². The van der Waals surface area contributed by atoms with E-state index in [0.29, 0.717) is 4.90 Å². The van der Waals surface area contributed by atoms with Crippen LogP contribution in [-0.2, 0) is 13.8 Å². The maximum Gasteiger partial charge on any atom is 0.326 e. The molecule has 6 nitrogen and oxygen atoms in total. The molecule has 8 heteroatoms. The summed E-state index contributed by atoms with van der Waals surface area (Å²) >= 11 is 0. The Morgan fingerprint density at radius 3 is 2.47 bits per heavy atom. The van der Waals surface area contributed by atoms with Crippen molar-refractivity contribution in [1.29, 1.82) is 0 Å². The molecule has 1 aliphatic rings. The Bertz CT molecular complexity index is 613. The van der Waals surface area contributed by atoms with Crippen LogP contribution in [0.2, 0.25) is 0 Å². The molecule has 2 rings (SSSR count). The second kappa shape index (κ2) is 3.71. The first kappa shape index (κ1) is 11.9. The first-order valence-electron chi connectivity index (χ1n) is 4.50. The van der Waals surface area contributed by atoms with Gasteiger partial charge in [0.1, 0.15) is 0 Å². The van der Waals surface area contributed by atoms with Crippen LogP contribution >= 0.6 is 10.7 Å². The third-order valence-electron chi connectivity index (χ3n) is 2.41. The second-order valence-electron chi connectivity index (χ2n) is 3.43. The summed E-state index contributed by atoms with van der Waals surface area (Å²) in [5.74, 6) is -0.950. The van der Waals surface area contributed by atoms with Gasteiger partial charge in [-0.15, -0.1) is 0 Å². The number of carbonyl (C=O) groups excluding carboxylic acids is 2. The van der Waals surface area contributed by atoms with Crippen molar-refractivity contribution >= 4 is 37.4 Å². The number of nitrogens with zero attached hydrogens (tertiary/aromatic N) is 1. The number of carbonyl (C=O) groups is 2. The van der Waals surface area contributed by atoms with E-state index in [1.54, 1.807) is 12.1 Å². The Labute approximate surface area is 101 Å². The van der Waals surface area contributed by atoms with Crippen molar-refractivity contribution in [2.24, 2.45) is 5.73 Å². The van der Waals surface area contributed by atoms with Gasteiger partial charge in [0.25, 0.3) is 5.91 Å². The molecule has 0 radical (unpaired) electrons. The average molecular weight is 275 g/mol. The molecule has 0 fully saturated rings. The number of fused-ring (bicyclic) bond motifs is 1. The third kappa shape index (κ3) is 1.77. The number of amides is 3. The van der Waals surface area contributed by atoms with Crippen LogP contribution in [0.1, 0.15) is 10.8 Å². The minimum atomic E-state index is -4.16. The van der Waals surface area contributed by atoms with Crippen LogP contribution in [0.15, 0.2) is 24.3 Å². The first-order valence-corrected chi connectivity index (χ1v) is 6.87. The largest absolute Gasteiger partial charge is 0.351 e. The highest BCUT2D eigenvalue weighted by Crippen LogP contribution is 2.41. The van der Waals surface area contributed by atoms with E-state index in [9.17, 15) is 18.0 Å². The Morgan fingerprint density at radius 2 is 1.94 bits per heavy atom. The van der Waals surface area contributed by atoms with Crippen LogP contribution in [0, 0.1) is 0 Å². The normalized spacial score (nSPS) is 19.2. The molecule has 1 aliphatic heterocycles. The summed E-state index contributed by atoms with van der Waals surface area (Å²) in [6.07, 6.45) is 0. The molecule has 0 saturated carbocycles. The van der Waals surface area contributed by atoms with Crippen LogP contribution in [0.3, 0.4) is 0 Å². The molecule has 3 amide bonds. The van der Waals surface area contributed by atoms with Gasteiger partial charge in [0.15, 0.2) is 5.25 Å². The van der Waals surface area contributed by atoms with Gasteiger partial charge in [0.2, 0.25) is 9.05 Å². The number of rotatable bonds is 1. The van der Waals surface area contributed by atoms with Crippen LogP contribution in [0.4, 0.5) is 10.5 Å². The zero-order valence-corrected chi connectivity index (χ0v) is 9.90. The fourth-order valence-corrected chi connectivity index (χ4v) is 3.15. The van der Waals surface area contributed by atoms with Crippen molar-refractivity contribution in [3.63, 3.8) is 0 Å². The summed E-state index contributed by atoms with van der Waals surface area (Å²) in [4.78, 5) is 23.6. The molecule has 2 N–H and O–H groups in total. The number of hydrogen-bond donors (Lipinski definition) is 1. The van der Waals surface area contributed by atoms with E-state index in [-0.39, 0.29) is 11.3 Å². The minimum Gasteiger partial charge on any atom is -0.351 e. The first-order chi connectivity index (χ1) is 7.84. The van der Waals surface area contributed by atoms with E-state index in [1.165, 1.54) is 12.1 Å². The highest BCUT2D eigenvalue weighted by atomic mass is 35.7. The van der Waals surface area contributed by atoms with Crippen LogP contribution in [0.5, 0.6) is 0 Å². The molecule has 0 spiro atoms. The van der Waals surface area contributed by atoms with Crippen molar-refractivity contribution in [2.45, 2.75) is 5.25 Å². The SMILES string of the molecule is NC(=O)N1C(=O)C(S(=O)(=O)Cl)c2ccccc21. The molecule has 90 valence electrons. The van der Waals surface area contributed by atoms with Crippen molar-refractivity contribution < 1.29 is 18.0 Å². The summed E-state index contributed by atoms with van der Waals surface area (Å²) < 4.78 is 22.7. The minimum absolute atomic E-state index is 0.152. The topological polar surface area (TPSA) is 97.5 Å². The number of anilines is 1. The van der Waals surface area contributed by atoms with Crippen LogP contribution < -0.4 is 10.6 Å². The molecular weight excluding hydrogens is 268 g/mol. The molecule has 0 aromatic heterocycles. The fraction of sp³-hybridized carbons (Fsp3) is 0.111. The molecular formula is C9H7ClN2O4S. The second-order valence-corrected chi connectivity index (χ2v) is 6.14. The van der Waals surface area contributed by atoms with Gasteiger partial charge in [0, 0.05) is 16.2 Å². The third-order valence-corrected chi connectivity index (χ3v) is 3.96. The van der Waals surface area contributed by atoms with Crippen molar-refractivity contribution in [2.75, 3.05) is 4.90 Å². The van der Waals surface area contributed by atoms with E-state index in [0.717, 1.165) is 0 Å². The predicted octanol–water partition coefficient (Wildman–Crippen LogP) is 0.722. The summed E-state index contributed by atoms with van der Waals surface area (Å²) in [5, 5.41) is -1.58. The van der Waals surface area contributed by atoms with Crippen molar-refractivity contribution in [3.05, 3.63) is 29.8 Å². The number of urea groups is 1. The Balaban J connectivity index is 2.69. The zero-order valence-electron chi connectivity index (χ0n) is 8.33. The average Bonchev–Trinajstić information content (AvgIpc) is 2.48. The molecule has 1 unspecified atom stereocenters. The number of imide groups is 1. The Hall–Kier alpha value is -1.60. The Kier molecular flexibility index (Phi) is 2.59. The monoisotopic (exact) mass is 274 g/mol. The molecule has 0 bridgehead atoms. The molecule has 1 aromatic rings. The van der Waals surface area contributed by atoms with Crippen LogP contribution in [0.25, 0.3) is 0 Å². The lowest BCUT2D eigenvalue weighted by molar-refractivity contribution is -0.116. The number of halogens is 1. The summed E-state index contributed by atoms with van der Waals surface area (Å²) in [6, 6.07) is 4.92. The van der Waals surface area contributed by atoms with Crippen molar-refractivity contribution in [3.8, 4) is 0 Å². The van der Waals surface area contributed by atoms with Crippen molar-refractivity contribution in [1.82, 2.24) is 0 Å². The van der Waals surface area contributed by atoms with E-state index in [1.807, 2.05) is 0 Å². The lowest BCUT2D eigenvalue weighted by atomic mass is 10.2. The van der Waals surface area contributed by atoms with E-state index in [2.05, 4.69) is 0 Å². The van der Waals surface area contributed by atoms with Gasteiger partial charge in [-0.2, -0.15) is 0 Å². The maximum absolute atomic E-state index is 11.8. The van der Waals surface area contributed by atoms with Gasteiger partial charge in [-0.05, 0) is 6.07 Å². The van der Waals surface area contributed by atoms with Crippen LogP contribution in [-0.4, -0.2) is 20.4 Å². The highest BCUT2D eigenvalue weighted by Gasteiger charge is 2.46. The molecule has 1 aromatic carbocycles. The molecule has 0 aliphatic carbocycles. The zero-order chi connectivity index (χ0) is 12.8. The van der Waals surface area contributed by atoms with Gasteiger partial charge >= 0.3 is 6.03 Å².